The summed E-state index contributed by atoms with van der Waals surface area (Å²) in [4.78, 5) is 54.6. The van der Waals surface area contributed by atoms with Crippen LogP contribution in [0, 0.1) is 0 Å². The summed E-state index contributed by atoms with van der Waals surface area (Å²) in [5, 5.41) is 23.4. The fourth-order valence-corrected chi connectivity index (χ4v) is 5.94. The Balaban J connectivity index is 1.46. The van der Waals surface area contributed by atoms with E-state index in [4.69, 9.17) is 13.6 Å². The number of carbonyl (C=O) groups excluding carboxylic acids is 2. The van der Waals surface area contributed by atoms with E-state index in [2.05, 4.69) is 0 Å². The van der Waals surface area contributed by atoms with Gasteiger partial charge in [-0.2, -0.15) is 0 Å². The van der Waals surface area contributed by atoms with Crippen molar-refractivity contribution in [3.8, 4) is 17.2 Å². The van der Waals surface area contributed by atoms with E-state index in [1.165, 1.54) is 19.2 Å². The zero-order chi connectivity index (χ0) is 31.4. The predicted octanol–water partition coefficient (Wildman–Crippen LogP) is 5.30. The number of para-hydroxylation sites is 2. The molecule has 0 aliphatic carbocycles. The lowest BCUT2D eigenvalue weighted by Gasteiger charge is -2.22. The molecule has 0 atom stereocenters. The third-order valence-electron chi connectivity index (χ3n) is 8.06. The Hall–Kier alpha value is -6.16. The summed E-state index contributed by atoms with van der Waals surface area (Å²) in [5.41, 5.74) is -1.12. The van der Waals surface area contributed by atoms with E-state index in [-0.39, 0.29) is 56.3 Å². The number of benzene rings is 4. The van der Waals surface area contributed by atoms with E-state index in [0.717, 1.165) is 4.90 Å². The standard InChI is InChI=1S/C35H23NO9/c1-43-24-15-14-18(16-19(24)17-36-32(39)20-8-2-3-9-21(20)33(36)40)27(28-30(37)22-10-4-6-12-25(22)44-34(28)41)29-31(38)23-11-5-7-13-26(23)45-35(29)42/h2-16,27,37-38H,17H2,1H3. The zero-order valence-electron chi connectivity index (χ0n) is 23.6. The fourth-order valence-electron chi connectivity index (χ4n) is 5.94. The molecule has 2 aromatic heterocycles. The number of nitrogens with zero attached hydrogens (tertiary/aromatic N) is 1. The Kier molecular flexibility index (Phi) is 6.47. The number of imide groups is 1. The lowest BCUT2D eigenvalue weighted by atomic mass is 9.84. The lowest BCUT2D eigenvalue weighted by molar-refractivity contribution is 0.0641. The van der Waals surface area contributed by atoms with Crippen LogP contribution in [0.15, 0.2) is 109 Å². The normalized spacial score (nSPS) is 12.8. The molecule has 0 saturated heterocycles. The van der Waals surface area contributed by atoms with Gasteiger partial charge in [-0.25, -0.2) is 9.59 Å². The maximum Gasteiger partial charge on any atom is 0.344 e. The number of hydrogen-bond acceptors (Lipinski definition) is 9. The van der Waals surface area contributed by atoms with Crippen LogP contribution >= 0.6 is 0 Å². The molecule has 0 fully saturated rings. The van der Waals surface area contributed by atoms with Gasteiger partial charge in [-0.15, -0.1) is 0 Å². The van der Waals surface area contributed by atoms with Crippen LogP contribution < -0.4 is 16.0 Å². The third-order valence-corrected chi connectivity index (χ3v) is 8.06. The number of ether oxygens (including phenoxy) is 1. The second-order valence-electron chi connectivity index (χ2n) is 10.5. The zero-order valence-corrected chi connectivity index (χ0v) is 23.6. The Morgan fingerprint density at radius 3 is 1.69 bits per heavy atom. The molecule has 2 amide bonds. The summed E-state index contributed by atoms with van der Waals surface area (Å²) in [6, 6.07) is 23.9. The van der Waals surface area contributed by atoms with Crippen LogP contribution in [-0.2, 0) is 6.54 Å². The predicted molar refractivity (Wildman–Crippen MR) is 163 cm³/mol. The summed E-state index contributed by atoms with van der Waals surface area (Å²) in [6.07, 6.45) is 0. The third kappa shape index (κ3) is 4.34. The molecular weight excluding hydrogens is 578 g/mol. The van der Waals surface area contributed by atoms with Gasteiger partial charge in [-0.1, -0.05) is 42.5 Å². The molecule has 0 bridgehead atoms. The van der Waals surface area contributed by atoms with E-state index in [9.17, 15) is 29.4 Å². The summed E-state index contributed by atoms with van der Waals surface area (Å²) < 4.78 is 16.7. The second kappa shape index (κ2) is 10.5. The van der Waals surface area contributed by atoms with E-state index in [0.29, 0.717) is 11.3 Å². The van der Waals surface area contributed by atoms with Crippen LogP contribution in [0.2, 0.25) is 0 Å². The van der Waals surface area contributed by atoms with Crippen LogP contribution in [-0.4, -0.2) is 34.0 Å². The molecule has 6 aromatic rings. The molecule has 3 heterocycles. The van der Waals surface area contributed by atoms with Crippen molar-refractivity contribution >= 4 is 33.8 Å². The quantitative estimate of drug-likeness (QED) is 0.192. The molecule has 7 rings (SSSR count). The van der Waals surface area contributed by atoms with Crippen LogP contribution in [0.25, 0.3) is 21.9 Å². The average Bonchev–Trinajstić information content (AvgIpc) is 3.28. The molecule has 0 spiro atoms. The summed E-state index contributed by atoms with van der Waals surface area (Å²) in [7, 11) is 1.42. The Labute approximate surface area is 254 Å². The smallest absolute Gasteiger partial charge is 0.344 e. The van der Waals surface area contributed by atoms with Gasteiger partial charge < -0.3 is 23.8 Å². The van der Waals surface area contributed by atoms with Crippen LogP contribution in [0.1, 0.15) is 48.9 Å². The molecule has 10 heteroatoms. The van der Waals surface area contributed by atoms with Crippen LogP contribution in [0.5, 0.6) is 17.2 Å². The number of amides is 2. The molecular formula is C35H23NO9. The Morgan fingerprint density at radius 2 is 1.18 bits per heavy atom. The maximum absolute atomic E-state index is 13.6. The van der Waals surface area contributed by atoms with Gasteiger partial charge >= 0.3 is 11.3 Å². The highest BCUT2D eigenvalue weighted by atomic mass is 16.5. The first kappa shape index (κ1) is 27.7. The van der Waals surface area contributed by atoms with Crippen molar-refractivity contribution in [2.45, 2.75) is 12.5 Å². The number of fused-ring (bicyclic) bond motifs is 3. The molecule has 10 nitrogen and oxygen atoms in total. The molecule has 222 valence electrons. The van der Waals surface area contributed by atoms with Crippen molar-refractivity contribution in [2.24, 2.45) is 0 Å². The summed E-state index contributed by atoms with van der Waals surface area (Å²) in [5.74, 6) is -2.95. The number of hydrogen-bond donors (Lipinski definition) is 2. The molecule has 2 N–H and O–H groups in total. The van der Waals surface area contributed by atoms with Crippen molar-refractivity contribution in [3.63, 3.8) is 0 Å². The van der Waals surface area contributed by atoms with Crippen molar-refractivity contribution in [1.29, 1.82) is 0 Å². The maximum atomic E-state index is 13.6. The highest BCUT2D eigenvalue weighted by Crippen LogP contribution is 2.43. The first-order valence-electron chi connectivity index (χ1n) is 13.9. The van der Waals surface area contributed by atoms with Crippen molar-refractivity contribution in [2.75, 3.05) is 7.11 Å². The lowest BCUT2D eigenvalue weighted by Crippen LogP contribution is -2.29. The minimum Gasteiger partial charge on any atom is -0.507 e. The van der Waals surface area contributed by atoms with Gasteiger partial charge in [0.15, 0.2) is 0 Å². The van der Waals surface area contributed by atoms with E-state index >= 15 is 0 Å². The first-order chi connectivity index (χ1) is 21.8. The van der Waals surface area contributed by atoms with Gasteiger partial charge in [0.1, 0.15) is 28.4 Å². The number of methoxy groups -OCH3 is 1. The van der Waals surface area contributed by atoms with Gasteiger partial charge in [0.25, 0.3) is 11.8 Å². The largest absolute Gasteiger partial charge is 0.507 e. The van der Waals surface area contributed by atoms with Gasteiger partial charge in [0, 0.05) is 5.56 Å². The number of aromatic hydroxyl groups is 2. The molecule has 1 aliphatic heterocycles. The molecule has 4 aromatic carbocycles. The molecule has 45 heavy (non-hydrogen) atoms. The van der Waals surface area contributed by atoms with Crippen molar-refractivity contribution in [3.05, 3.63) is 145 Å². The van der Waals surface area contributed by atoms with Gasteiger partial charge in [-0.3, -0.25) is 14.5 Å². The van der Waals surface area contributed by atoms with Gasteiger partial charge in [0.2, 0.25) is 0 Å². The minimum atomic E-state index is -1.40. The Morgan fingerprint density at radius 1 is 0.689 bits per heavy atom. The molecule has 0 saturated carbocycles. The monoisotopic (exact) mass is 601 g/mol. The Bertz CT molecular complexity index is 2180. The first-order valence-corrected chi connectivity index (χ1v) is 13.9. The number of carbonyl (C=O) groups is 2. The van der Waals surface area contributed by atoms with E-state index in [1.54, 1.807) is 78.9 Å². The van der Waals surface area contributed by atoms with Crippen molar-refractivity contribution in [1.82, 2.24) is 4.90 Å². The van der Waals surface area contributed by atoms with Gasteiger partial charge in [0.05, 0.1) is 52.6 Å². The molecule has 1 aliphatic rings. The average molecular weight is 602 g/mol. The molecule has 0 radical (unpaired) electrons. The van der Waals surface area contributed by atoms with Crippen molar-refractivity contribution < 1.29 is 33.4 Å². The van der Waals surface area contributed by atoms with Gasteiger partial charge in [-0.05, 0) is 54.1 Å². The topological polar surface area (TPSA) is 147 Å². The van der Waals surface area contributed by atoms with E-state index < -0.39 is 40.5 Å². The SMILES string of the molecule is COc1ccc(C(c2c(O)c3ccccc3oc2=O)c2c(O)c3ccccc3oc2=O)cc1CN1C(=O)c2ccccc2C1=O. The molecule has 0 unspecified atom stereocenters. The second-order valence-corrected chi connectivity index (χ2v) is 10.5. The summed E-state index contributed by atoms with van der Waals surface area (Å²) >= 11 is 0. The summed E-state index contributed by atoms with van der Waals surface area (Å²) in [6.45, 7) is -0.202. The van der Waals surface area contributed by atoms with Crippen LogP contribution in [0.3, 0.4) is 0 Å². The number of rotatable bonds is 6. The van der Waals surface area contributed by atoms with Crippen LogP contribution in [0.4, 0.5) is 0 Å². The highest BCUT2D eigenvalue weighted by molar-refractivity contribution is 6.21. The highest BCUT2D eigenvalue weighted by Gasteiger charge is 2.37. The fraction of sp³-hybridized carbons (Fsp3) is 0.0857. The minimum absolute atomic E-state index is 0.123. The van der Waals surface area contributed by atoms with E-state index in [1.807, 2.05) is 0 Å².